The Labute approximate surface area is 155 Å². The molecule has 0 aromatic heterocycles. The maximum atomic E-state index is 4.24. The lowest BCUT2D eigenvalue weighted by Gasteiger charge is -2.37. The van der Waals surface area contributed by atoms with Crippen molar-refractivity contribution < 1.29 is 0 Å². The third-order valence-electron chi connectivity index (χ3n) is 5.23. The average molecular weight is 346 g/mol. The monoisotopic (exact) mass is 346 g/mol. The van der Waals surface area contributed by atoms with Crippen LogP contribution < -0.4 is 10.6 Å². The van der Waals surface area contributed by atoms with Gasteiger partial charge in [0.1, 0.15) is 0 Å². The Morgan fingerprint density at radius 1 is 1.04 bits per heavy atom. The van der Waals surface area contributed by atoms with Crippen molar-refractivity contribution in [2.24, 2.45) is 0 Å². The number of piperazine rings is 1. The van der Waals surface area contributed by atoms with Gasteiger partial charge < -0.3 is 15.5 Å². The van der Waals surface area contributed by atoms with E-state index in [1.165, 1.54) is 11.1 Å². The molecule has 0 amide bonds. The normalized spacial score (nSPS) is 16.5. The summed E-state index contributed by atoms with van der Waals surface area (Å²) in [6.45, 7) is 13.5. The summed E-state index contributed by atoms with van der Waals surface area (Å²) in [5.74, 6) is 0.978. The van der Waals surface area contributed by atoms with Crippen LogP contribution in [0.4, 0.5) is 11.4 Å². The van der Waals surface area contributed by atoms with Crippen LogP contribution in [0.3, 0.4) is 0 Å². The lowest BCUT2D eigenvalue weighted by atomic mass is 10.0. The standard InChI is InChI=1S/C22H26N4/c1-17-21-9-8-20(16-22(21)23-17)24-18(2)26-14-12-25(13-15-26)11-10-19-6-4-3-5-7-19/h3-9,16,23-24H,1-2,10-15H2. The summed E-state index contributed by atoms with van der Waals surface area (Å²) >= 11 is 0. The van der Waals surface area contributed by atoms with Crippen molar-refractivity contribution in [3.8, 4) is 0 Å². The first kappa shape index (κ1) is 16.7. The summed E-state index contributed by atoms with van der Waals surface area (Å²) in [5, 5.41) is 6.67. The summed E-state index contributed by atoms with van der Waals surface area (Å²) in [6.07, 6.45) is 1.12. The second-order valence-corrected chi connectivity index (χ2v) is 7.00. The van der Waals surface area contributed by atoms with Gasteiger partial charge in [-0.2, -0.15) is 0 Å². The van der Waals surface area contributed by atoms with Crippen molar-refractivity contribution in [2.45, 2.75) is 6.42 Å². The number of rotatable bonds is 6. The van der Waals surface area contributed by atoms with E-state index in [4.69, 9.17) is 0 Å². The second kappa shape index (κ2) is 7.26. The molecule has 0 unspecified atom stereocenters. The predicted octanol–water partition coefficient (Wildman–Crippen LogP) is 3.83. The first-order valence-electron chi connectivity index (χ1n) is 9.26. The smallest absolute Gasteiger partial charge is 0.0984 e. The van der Waals surface area contributed by atoms with Gasteiger partial charge in [-0.3, -0.25) is 4.90 Å². The zero-order valence-corrected chi connectivity index (χ0v) is 15.2. The van der Waals surface area contributed by atoms with Crippen LogP contribution in [0, 0.1) is 0 Å². The lowest BCUT2D eigenvalue weighted by molar-refractivity contribution is 0.162. The topological polar surface area (TPSA) is 30.5 Å². The van der Waals surface area contributed by atoms with E-state index in [-0.39, 0.29) is 0 Å². The van der Waals surface area contributed by atoms with Gasteiger partial charge in [0.05, 0.1) is 5.82 Å². The first-order valence-corrected chi connectivity index (χ1v) is 9.26. The summed E-state index contributed by atoms with van der Waals surface area (Å²) in [7, 11) is 0. The van der Waals surface area contributed by atoms with E-state index < -0.39 is 0 Å². The van der Waals surface area contributed by atoms with Crippen molar-refractivity contribution in [3.05, 3.63) is 78.6 Å². The second-order valence-electron chi connectivity index (χ2n) is 7.00. The van der Waals surface area contributed by atoms with Gasteiger partial charge in [0.25, 0.3) is 0 Å². The minimum absolute atomic E-state index is 0.978. The molecule has 2 aromatic rings. The SMILES string of the molecule is C=C1Nc2cc(NC(=C)N3CCN(CCc4ccccc4)CC3)ccc21. The van der Waals surface area contributed by atoms with Crippen molar-refractivity contribution in [1.82, 2.24) is 9.80 Å². The number of benzene rings is 2. The largest absolute Gasteiger partial charge is 0.356 e. The minimum Gasteiger partial charge on any atom is -0.356 e. The Kier molecular flexibility index (Phi) is 4.67. The summed E-state index contributed by atoms with van der Waals surface area (Å²) in [5.41, 5.74) is 5.82. The van der Waals surface area contributed by atoms with Crippen LogP contribution in [0.5, 0.6) is 0 Å². The lowest BCUT2D eigenvalue weighted by Crippen LogP contribution is -2.47. The van der Waals surface area contributed by atoms with Crippen LogP contribution in [0.2, 0.25) is 0 Å². The van der Waals surface area contributed by atoms with Crippen molar-refractivity contribution >= 4 is 17.1 Å². The van der Waals surface area contributed by atoms with Gasteiger partial charge in [0, 0.05) is 55.4 Å². The molecule has 4 rings (SSSR count). The molecule has 4 heteroatoms. The number of nitrogens with zero attached hydrogens (tertiary/aromatic N) is 2. The van der Waals surface area contributed by atoms with Crippen LogP contribution in [0.25, 0.3) is 5.70 Å². The number of hydrogen-bond acceptors (Lipinski definition) is 4. The molecule has 1 fully saturated rings. The highest BCUT2D eigenvalue weighted by Gasteiger charge is 2.19. The van der Waals surface area contributed by atoms with Crippen LogP contribution in [0.15, 0.2) is 67.5 Å². The van der Waals surface area contributed by atoms with Gasteiger partial charge in [-0.25, -0.2) is 0 Å². The van der Waals surface area contributed by atoms with Crippen molar-refractivity contribution in [3.63, 3.8) is 0 Å². The van der Waals surface area contributed by atoms with Gasteiger partial charge in [-0.05, 0) is 30.2 Å². The summed E-state index contributed by atoms with van der Waals surface area (Å²) in [4.78, 5) is 4.88. The van der Waals surface area contributed by atoms with E-state index in [1.807, 2.05) is 0 Å². The van der Waals surface area contributed by atoms with Crippen LogP contribution >= 0.6 is 0 Å². The van der Waals surface area contributed by atoms with E-state index in [0.717, 1.165) is 62.0 Å². The molecule has 2 aliphatic heterocycles. The molecule has 0 aliphatic carbocycles. The van der Waals surface area contributed by atoms with E-state index in [2.05, 4.69) is 82.1 Å². The fourth-order valence-corrected chi connectivity index (χ4v) is 3.57. The Hall–Kier alpha value is -2.72. The molecule has 134 valence electrons. The fraction of sp³-hybridized carbons (Fsp3) is 0.273. The molecule has 0 bridgehead atoms. The quantitative estimate of drug-likeness (QED) is 0.832. The molecule has 2 heterocycles. The molecule has 0 radical (unpaired) electrons. The van der Waals surface area contributed by atoms with Crippen molar-refractivity contribution in [2.75, 3.05) is 43.4 Å². The third kappa shape index (κ3) is 3.60. The Morgan fingerprint density at radius 2 is 1.81 bits per heavy atom. The molecule has 4 nitrogen and oxygen atoms in total. The summed E-state index contributed by atoms with van der Waals surface area (Å²) in [6, 6.07) is 17.0. The average Bonchev–Trinajstić information content (AvgIpc) is 2.67. The number of nitrogens with one attached hydrogen (secondary N) is 2. The van der Waals surface area contributed by atoms with E-state index in [9.17, 15) is 0 Å². The maximum Gasteiger partial charge on any atom is 0.0984 e. The zero-order valence-electron chi connectivity index (χ0n) is 15.2. The molecular weight excluding hydrogens is 320 g/mol. The number of anilines is 2. The molecule has 1 saturated heterocycles. The molecule has 2 aromatic carbocycles. The maximum absolute atomic E-state index is 4.24. The first-order chi connectivity index (χ1) is 12.7. The fourth-order valence-electron chi connectivity index (χ4n) is 3.57. The van der Waals surface area contributed by atoms with E-state index in [0.29, 0.717) is 0 Å². The molecule has 0 atom stereocenters. The highest BCUT2D eigenvalue weighted by atomic mass is 15.3. The Morgan fingerprint density at radius 3 is 2.50 bits per heavy atom. The zero-order chi connectivity index (χ0) is 17.9. The third-order valence-corrected chi connectivity index (χ3v) is 5.23. The minimum atomic E-state index is 0.978. The Balaban J connectivity index is 1.24. The van der Waals surface area contributed by atoms with Gasteiger partial charge in [-0.1, -0.05) is 43.5 Å². The van der Waals surface area contributed by atoms with E-state index in [1.54, 1.807) is 0 Å². The number of fused-ring (bicyclic) bond motifs is 1. The van der Waals surface area contributed by atoms with Crippen LogP contribution in [-0.4, -0.2) is 42.5 Å². The highest BCUT2D eigenvalue weighted by molar-refractivity contribution is 5.94. The van der Waals surface area contributed by atoms with Gasteiger partial charge in [0.2, 0.25) is 0 Å². The molecule has 0 saturated carbocycles. The van der Waals surface area contributed by atoms with Gasteiger partial charge >= 0.3 is 0 Å². The van der Waals surface area contributed by atoms with Crippen molar-refractivity contribution in [1.29, 1.82) is 0 Å². The van der Waals surface area contributed by atoms with Gasteiger partial charge in [-0.15, -0.1) is 0 Å². The highest BCUT2D eigenvalue weighted by Crippen LogP contribution is 2.36. The molecule has 2 aliphatic rings. The van der Waals surface area contributed by atoms with Crippen LogP contribution in [0.1, 0.15) is 11.1 Å². The molecular formula is C22H26N4. The predicted molar refractivity (Wildman–Crippen MR) is 110 cm³/mol. The summed E-state index contributed by atoms with van der Waals surface area (Å²) < 4.78 is 0. The number of hydrogen-bond donors (Lipinski definition) is 2. The Bertz CT molecular complexity index is 804. The molecule has 26 heavy (non-hydrogen) atoms. The molecule has 0 spiro atoms. The van der Waals surface area contributed by atoms with E-state index >= 15 is 0 Å². The molecule has 2 N–H and O–H groups in total. The van der Waals surface area contributed by atoms with Gasteiger partial charge in [0.15, 0.2) is 0 Å². The van der Waals surface area contributed by atoms with Crippen LogP contribution in [-0.2, 0) is 6.42 Å².